The van der Waals surface area contributed by atoms with Crippen LogP contribution in [0.5, 0.6) is 0 Å². The predicted molar refractivity (Wildman–Crippen MR) is 118 cm³/mol. The van der Waals surface area contributed by atoms with Gasteiger partial charge in [-0.3, -0.25) is 29.3 Å². The lowest BCUT2D eigenvalue weighted by Gasteiger charge is -2.36. The second-order valence-electron chi connectivity index (χ2n) is 9.02. The van der Waals surface area contributed by atoms with Crippen LogP contribution in [0.1, 0.15) is 40.0 Å². The van der Waals surface area contributed by atoms with Crippen LogP contribution in [0.2, 0.25) is 0 Å². The lowest BCUT2D eigenvalue weighted by molar-refractivity contribution is -0.136. The summed E-state index contributed by atoms with van der Waals surface area (Å²) in [5, 5.41) is 6.59. The molecule has 9 nitrogen and oxygen atoms in total. The van der Waals surface area contributed by atoms with Crippen molar-refractivity contribution >= 4 is 23.4 Å². The fourth-order valence-corrected chi connectivity index (χ4v) is 4.98. The van der Waals surface area contributed by atoms with Gasteiger partial charge in [0.2, 0.25) is 11.8 Å². The molecule has 2 saturated heterocycles. The highest BCUT2D eigenvalue weighted by atomic mass is 19.1. The summed E-state index contributed by atoms with van der Waals surface area (Å²) in [6, 6.07) is 2.34. The van der Waals surface area contributed by atoms with E-state index in [9.17, 15) is 14.4 Å². The quantitative estimate of drug-likeness (QED) is 0.692. The Hall–Kier alpha value is -3.27. The second kappa shape index (κ2) is 8.26. The van der Waals surface area contributed by atoms with E-state index in [1.165, 1.54) is 16.7 Å². The molecule has 0 radical (unpaired) electrons. The molecule has 0 aliphatic carbocycles. The minimum absolute atomic E-state index is 0.193. The second-order valence-corrected chi connectivity index (χ2v) is 9.02. The van der Waals surface area contributed by atoms with Crippen LogP contribution in [0, 0.1) is 12.7 Å². The van der Waals surface area contributed by atoms with Crippen molar-refractivity contribution in [3.8, 4) is 0 Å². The normalized spacial score (nSPS) is 21.5. The molecule has 1 aromatic heterocycles. The molecule has 1 N–H and O–H groups in total. The van der Waals surface area contributed by atoms with Crippen LogP contribution < -0.4 is 10.2 Å². The lowest BCUT2D eigenvalue weighted by Crippen LogP contribution is -2.52. The summed E-state index contributed by atoms with van der Waals surface area (Å²) in [6.45, 7) is 6.05. The number of hydrogen-bond donors (Lipinski definition) is 1. The van der Waals surface area contributed by atoms with Crippen molar-refractivity contribution in [2.75, 3.05) is 31.1 Å². The van der Waals surface area contributed by atoms with Gasteiger partial charge in [0.15, 0.2) is 0 Å². The van der Waals surface area contributed by atoms with Crippen LogP contribution in [0.3, 0.4) is 0 Å². The molecule has 0 spiro atoms. The summed E-state index contributed by atoms with van der Waals surface area (Å²) in [4.78, 5) is 42.4. The number of benzene rings is 1. The molecule has 5 rings (SSSR count). The van der Waals surface area contributed by atoms with E-state index >= 15 is 4.39 Å². The van der Waals surface area contributed by atoms with Crippen LogP contribution >= 0.6 is 0 Å². The van der Waals surface area contributed by atoms with Gasteiger partial charge in [-0.1, -0.05) is 0 Å². The summed E-state index contributed by atoms with van der Waals surface area (Å²) < 4.78 is 16.9. The lowest BCUT2D eigenvalue weighted by atomic mass is 10.0. The number of piperidine rings is 1. The number of anilines is 1. The zero-order chi connectivity index (χ0) is 23.3. The Labute approximate surface area is 191 Å². The van der Waals surface area contributed by atoms with E-state index in [0.29, 0.717) is 29.9 Å². The molecule has 1 unspecified atom stereocenters. The number of hydrogen-bond acceptors (Lipinski definition) is 6. The summed E-state index contributed by atoms with van der Waals surface area (Å²) in [5.74, 6) is -1.58. The number of imide groups is 1. The number of nitrogens with one attached hydrogen (secondary N) is 1. The van der Waals surface area contributed by atoms with E-state index in [-0.39, 0.29) is 31.2 Å². The molecule has 10 heteroatoms. The Morgan fingerprint density at radius 2 is 1.91 bits per heavy atom. The van der Waals surface area contributed by atoms with E-state index in [2.05, 4.69) is 22.2 Å². The third kappa shape index (κ3) is 3.88. The molecule has 1 aromatic carbocycles. The Bertz CT molecular complexity index is 1120. The molecule has 1 atom stereocenters. The van der Waals surface area contributed by atoms with Gasteiger partial charge < -0.3 is 9.80 Å². The Morgan fingerprint density at radius 3 is 2.58 bits per heavy atom. The number of carbonyl (C=O) groups excluding carboxylic acids is 3. The molecule has 2 aromatic rings. The number of halogens is 1. The summed E-state index contributed by atoms with van der Waals surface area (Å²) in [5.41, 5.74) is 3.84. The molecule has 0 bridgehead atoms. The van der Waals surface area contributed by atoms with Gasteiger partial charge in [-0.2, -0.15) is 5.10 Å². The molecular formula is C23H27FN6O3. The number of fused-ring (bicyclic) bond motifs is 1. The molecule has 2 fully saturated rings. The van der Waals surface area contributed by atoms with Crippen molar-refractivity contribution in [3.63, 3.8) is 0 Å². The third-order valence-corrected chi connectivity index (χ3v) is 6.95. The maximum atomic E-state index is 15.0. The molecular weight excluding hydrogens is 427 g/mol. The molecule has 0 saturated carbocycles. The number of carbonyl (C=O) groups is 3. The Morgan fingerprint density at radius 1 is 1.15 bits per heavy atom. The SMILES string of the molecule is Cc1cnn(C)c1CN1CCN(c2cc3c(cc2F)C(=O)N(C2CCC(=O)NC2=O)C3)CC1. The minimum Gasteiger partial charge on any atom is -0.367 e. The molecule has 4 heterocycles. The number of aromatic nitrogens is 2. The third-order valence-electron chi connectivity index (χ3n) is 6.95. The number of aryl methyl sites for hydroxylation is 2. The highest BCUT2D eigenvalue weighted by molar-refractivity contribution is 6.05. The van der Waals surface area contributed by atoms with Crippen LogP contribution in [-0.4, -0.2) is 69.5 Å². The van der Waals surface area contributed by atoms with Gasteiger partial charge in [-0.05, 0) is 36.6 Å². The van der Waals surface area contributed by atoms with Gasteiger partial charge in [0.25, 0.3) is 5.91 Å². The van der Waals surface area contributed by atoms with Crippen LogP contribution in [0.4, 0.5) is 10.1 Å². The first kappa shape index (κ1) is 21.6. The highest BCUT2D eigenvalue weighted by Gasteiger charge is 2.40. The largest absolute Gasteiger partial charge is 0.367 e. The van der Waals surface area contributed by atoms with Crippen molar-refractivity contribution in [1.82, 2.24) is 24.9 Å². The van der Waals surface area contributed by atoms with Crippen LogP contribution in [0.15, 0.2) is 18.3 Å². The molecule has 33 heavy (non-hydrogen) atoms. The summed E-state index contributed by atoms with van der Waals surface area (Å²) >= 11 is 0. The van der Waals surface area contributed by atoms with E-state index in [4.69, 9.17) is 0 Å². The van der Waals surface area contributed by atoms with E-state index in [1.807, 2.05) is 22.8 Å². The number of rotatable bonds is 4. The fourth-order valence-electron chi connectivity index (χ4n) is 4.98. The van der Waals surface area contributed by atoms with Gasteiger partial charge in [-0.25, -0.2) is 4.39 Å². The maximum absolute atomic E-state index is 15.0. The van der Waals surface area contributed by atoms with E-state index < -0.39 is 17.8 Å². The van der Waals surface area contributed by atoms with E-state index in [1.54, 1.807) is 6.07 Å². The smallest absolute Gasteiger partial charge is 0.255 e. The first-order valence-electron chi connectivity index (χ1n) is 11.2. The van der Waals surface area contributed by atoms with Gasteiger partial charge in [0, 0.05) is 58.3 Å². The molecule has 174 valence electrons. The van der Waals surface area contributed by atoms with Crippen molar-refractivity contribution in [1.29, 1.82) is 0 Å². The first-order valence-corrected chi connectivity index (χ1v) is 11.2. The van der Waals surface area contributed by atoms with Crippen LogP contribution in [-0.2, 0) is 29.7 Å². The fraction of sp³-hybridized carbons (Fsp3) is 0.478. The first-order chi connectivity index (χ1) is 15.8. The van der Waals surface area contributed by atoms with Crippen molar-refractivity contribution in [3.05, 3.63) is 46.5 Å². The standard InChI is InChI=1S/C23H27FN6O3/c1-14-11-25-27(2)20(14)13-28-5-7-29(8-6-28)19-9-15-12-30(23(33)16(15)10-17(19)24)18-3-4-21(31)26-22(18)32/h9-11,18H,3-8,12-13H2,1-2H3,(H,26,31,32). The molecule has 3 aliphatic rings. The van der Waals surface area contributed by atoms with Gasteiger partial charge in [0.05, 0.1) is 17.6 Å². The van der Waals surface area contributed by atoms with Crippen molar-refractivity contribution < 1.29 is 18.8 Å². The van der Waals surface area contributed by atoms with Crippen molar-refractivity contribution in [2.45, 2.75) is 38.9 Å². The maximum Gasteiger partial charge on any atom is 0.255 e. The van der Waals surface area contributed by atoms with Gasteiger partial charge >= 0.3 is 0 Å². The summed E-state index contributed by atoms with van der Waals surface area (Å²) in [6.07, 6.45) is 2.35. The zero-order valence-electron chi connectivity index (χ0n) is 18.8. The number of nitrogens with zero attached hydrogens (tertiary/aromatic N) is 5. The minimum atomic E-state index is -0.701. The number of amides is 3. The Kier molecular flexibility index (Phi) is 5.40. The topological polar surface area (TPSA) is 90.8 Å². The van der Waals surface area contributed by atoms with E-state index in [0.717, 1.165) is 25.2 Å². The average molecular weight is 455 g/mol. The molecule has 3 amide bonds. The van der Waals surface area contributed by atoms with Gasteiger partial charge in [-0.15, -0.1) is 0 Å². The zero-order valence-corrected chi connectivity index (χ0v) is 18.8. The average Bonchev–Trinajstić information content (AvgIpc) is 3.27. The van der Waals surface area contributed by atoms with Crippen LogP contribution in [0.25, 0.3) is 0 Å². The predicted octanol–water partition coefficient (Wildman–Crippen LogP) is 0.951. The number of piperazine rings is 1. The van der Waals surface area contributed by atoms with Gasteiger partial charge in [0.1, 0.15) is 11.9 Å². The molecule has 3 aliphatic heterocycles. The Balaban J connectivity index is 1.28. The monoisotopic (exact) mass is 454 g/mol. The van der Waals surface area contributed by atoms with Crippen molar-refractivity contribution in [2.24, 2.45) is 7.05 Å². The summed E-state index contributed by atoms with van der Waals surface area (Å²) in [7, 11) is 1.94. The highest BCUT2D eigenvalue weighted by Crippen LogP contribution is 2.33.